The zero-order valence-corrected chi connectivity index (χ0v) is 16.0. The molecule has 1 aromatic heterocycles. The number of anilines is 1. The standard InChI is InChI=1S/C18H24N2O5S/c1-14(2)25-17-9-5-4-8-16(17)20(26(3,22)23)11-10-18(21)19-13-15-7-6-12-24-15/h4-9,12,14H,10-11,13H2,1-3H3,(H,19,21). The number of amides is 1. The molecule has 142 valence electrons. The lowest BCUT2D eigenvalue weighted by atomic mass is 10.2. The van der Waals surface area contributed by atoms with Crippen LogP contribution in [0, 0.1) is 0 Å². The van der Waals surface area contributed by atoms with Gasteiger partial charge in [0.25, 0.3) is 0 Å². The largest absolute Gasteiger partial charge is 0.489 e. The molecule has 1 amide bonds. The van der Waals surface area contributed by atoms with Crippen LogP contribution in [0.5, 0.6) is 5.75 Å². The number of benzene rings is 1. The van der Waals surface area contributed by atoms with Crippen molar-refractivity contribution in [1.82, 2.24) is 5.32 Å². The number of carbonyl (C=O) groups excluding carboxylic acids is 1. The van der Waals surface area contributed by atoms with Gasteiger partial charge in [0.15, 0.2) is 0 Å². The van der Waals surface area contributed by atoms with Crippen molar-refractivity contribution in [2.75, 3.05) is 17.1 Å². The van der Waals surface area contributed by atoms with Crippen molar-refractivity contribution in [2.24, 2.45) is 0 Å². The molecule has 26 heavy (non-hydrogen) atoms. The van der Waals surface area contributed by atoms with Crippen LogP contribution in [0.1, 0.15) is 26.0 Å². The maximum atomic E-state index is 12.3. The van der Waals surface area contributed by atoms with E-state index in [1.54, 1.807) is 36.4 Å². The van der Waals surface area contributed by atoms with E-state index in [9.17, 15) is 13.2 Å². The molecule has 0 aliphatic heterocycles. The molecule has 0 atom stereocenters. The first-order chi connectivity index (χ1) is 12.3. The summed E-state index contributed by atoms with van der Waals surface area (Å²) in [6.45, 7) is 4.01. The Balaban J connectivity index is 2.08. The zero-order chi connectivity index (χ0) is 19.2. The van der Waals surface area contributed by atoms with Crippen LogP contribution in [-0.2, 0) is 21.4 Å². The monoisotopic (exact) mass is 380 g/mol. The SMILES string of the molecule is CC(C)Oc1ccccc1N(CCC(=O)NCc1ccco1)S(C)(=O)=O. The highest BCUT2D eigenvalue weighted by Gasteiger charge is 2.22. The van der Waals surface area contributed by atoms with E-state index in [-0.39, 0.29) is 31.5 Å². The van der Waals surface area contributed by atoms with Crippen molar-refractivity contribution in [3.63, 3.8) is 0 Å². The smallest absolute Gasteiger partial charge is 0.232 e. The zero-order valence-electron chi connectivity index (χ0n) is 15.1. The number of hydrogen-bond acceptors (Lipinski definition) is 5. The number of carbonyl (C=O) groups is 1. The average molecular weight is 380 g/mol. The van der Waals surface area contributed by atoms with Crippen molar-refractivity contribution in [3.8, 4) is 5.75 Å². The fraction of sp³-hybridized carbons (Fsp3) is 0.389. The first kappa shape index (κ1) is 19.8. The number of hydrogen-bond donors (Lipinski definition) is 1. The molecule has 8 heteroatoms. The van der Waals surface area contributed by atoms with Crippen molar-refractivity contribution >= 4 is 21.6 Å². The molecule has 0 radical (unpaired) electrons. The highest BCUT2D eigenvalue weighted by Crippen LogP contribution is 2.30. The van der Waals surface area contributed by atoms with E-state index < -0.39 is 10.0 Å². The van der Waals surface area contributed by atoms with Gasteiger partial charge in [-0.05, 0) is 38.1 Å². The molecule has 0 aliphatic carbocycles. The Bertz CT molecular complexity index is 816. The number of nitrogens with one attached hydrogen (secondary N) is 1. The quantitative estimate of drug-likeness (QED) is 0.722. The van der Waals surface area contributed by atoms with Crippen LogP contribution in [0.4, 0.5) is 5.69 Å². The molecule has 2 rings (SSSR count). The van der Waals surface area contributed by atoms with Crippen molar-refractivity contribution in [2.45, 2.75) is 32.9 Å². The molecular formula is C18H24N2O5S. The van der Waals surface area contributed by atoms with Crippen LogP contribution in [0.15, 0.2) is 47.1 Å². The van der Waals surface area contributed by atoms with E-state index in [1.807, 2.05) is 13.8 Å². The molecule has 7 nitrogen and oxygen atoms in total. The predicted octanol–water partition coefficient (Wildman–Crippen LogP) is 2.54. The van der Waals surface area contributed by atoms with Gasteiger partial charge in [-0.3, -0.25) is 9.10 Å². The van der Waals surface area contributed by atoms with E-state index in [0.717, 1.165) is 6.26 Å². The van der Waals surface area contributed by atoms with E-state index >= 15 is 0 Å². The van der Waals surface area contributed by atoms with Gasteiger partial charge >= 0.3 is 0 Å². The van der Waals surface area contributed by atoms with Crippen LogP contribution >= 0.6 is 0 Å². The Kier molecular flexibility index (Phi) is 6.68. The van der Waals surface area contributed by atoms with Crippen molar-refractivity contribution in [1.29, 1.82) is 0 Å². The molecule has 0 saturated heterocycles. The fourth-order valence-electron chi connectivity index (χ4n) is 2.37. The molecule has 2 aromatic rings. The summed E-state index contributed by atoms with van der Waals surface area (Å²) in [6.07, 6.45) is 2.55. The summed E-state index contributed by atoms with van der Waals surface area (Å²) in [5.41, 5.74) is 0.419. The van der Waals surface area contributed by atoms with E-state index in [1.165, 1.54) is 10.6 Å². The summed E-state index contributed by atoms with van der Waals surface area (Å²) >= 11 is 0. The topological polar surface area (TPSA) is 88.8 Å². The van der Waals surface area contributed by atoms with E-state index in [0.29, 0.717) is 17.2 Å². The second-order valence-electron chi connectivity index (χ2n) is 6.08. The minimum Gasteiger partial charge on any atom is -0.489 e. The van der Waals surface area contributed by atoms with Gasteiger partial charge < -0.3 is 14.5 Å². The summed E-state index contributed by atoms with van der Waals surface area (Å²) < 4.78 is 36.5. The van der Waals surface area contributed by atoms with Crippen LogP contribution in [0.3, 0.4) is 0 Å². The van der Waals surface area contributed by atoms with Gasteiger partial charge in [0.1, 0.15) is 11.5 Å². The third-order valence-corrected chi connectivity index (χ3v) is 4.66. The van der Waals surface area contributed by atoms with Crippen LogP contribution in [0.2, 0.25) is 0 Å². The Hall–Kier alpha value is -2.48. The lowest BCUT2D eigenvalue weighted by Gasteiger charge is -2.25. The fourth-order valence-corrected chi connectivity index (χ4v) is 3.30. The predicted molar refractivity (Wildman–Crippen MR) is 99.6 cm³/mol. The van der Waals surface area contributed by atoms with Gasteiger partial charge in [-0.25, -0.2) is 8.42 Å². The molecule has 0 spiro atoms. The Morgan fingerprint density at radius 3 is 2.58 bits per heavy atom. The normalized spacial score (nSPS) is 11.4. The second kappa shape index (κ2) is 8.75. The minimum absolute atomic E-state index is 0.0152. The van der Waals surface area contributed by atoms with E-state index in [2.05, 4.69) is 5.32 Å². The van der Waals surface area contributed by atoms with Gasteiger partial charge in [-0.2, -0.15) is 0 Å². The lowest BCUT2D eigenvalue weighted by molar-refractivity contribution is -0.121. The number of furan rings is 1. The maximum Gasteiger partial charge on any atom is 0.232 e. The van der Waals surface area contributed by atoms with Gasteiger partial charge in [-0.15, -0.1) is 0 Å². The number of nitrogens with zero attached hydrogens (tertiary/aromatic N) is 1. The second-order valence-corrected chi connectivity index (χ2v) is 7.98. The summed E-state index contributed by atoms with van der Waals surface area (Å²) in [6, 6.07) is 10.4. The van der Waals surface area contributed by atoms with Crippen LogP contribution < -0.4 is 14.4 Å². The number of sulfonamides is 1. The number of para-hydroxylation sites is 2. The summed E-state index contributed by atoms with van der Waals surface area (Å²) in [5.74, 6) is 0.829. The molecule has 0 bridgehead atoms. The molecule has 1 N–H and O–H groups in total. The maximum absolute atomic E-state index is 12.3. The van der Waals surface area contributed by atoms with Crippen LogP contribution in [0.25, 0.3) is 0 Å². The van der Waals surface area contributed by atoms with Crippen molar-refractivity contribution in [3.05, 3.63) is 48.4 Å². The van der Waals surface area contributed by atoms with Gasteiger partial charge in [-0.1, -0.05) is 12.1 Å². The molecule has 1 aromatic carbocycles. The Morgan fingerprint density at radius 1 is 1.23 bits per heavy atom. The first-order valence-corrected chi connectivity index (χ1v) is 10.1. The minimum atomic E-state index is -3.58. The Morgan fingerprint density at radius 2 is 1.96 bits per heavy atom. The highest BCUT2D eigenvalue weighted by atomic mass is 32.2. The molecule has 1 heterocycles. The molecule has 0 saturated carbocycles. The van der Waals surface area contributed by atoms with E-state index in [4.69, 9.17) is 9.15 Å². The van der Waals surface area contributed by atoms with Gasteiger partial charge in [0, 0.05) is 13.0 Å². The lowest BCUT2D eigenvalue weighted by Crippen LogP contribution is -2.35. The first-order valence-electron chi connectivity index (χ1n) is 8.30. The van der Waals surface area contributed by atoms with Crippen molar-refractivity contribution < 1.29 is 22.4 Å². The third kappa shape index (κ3) is 5.80. The summed E-state index contributed by atoms with van der Waals surface area (Å²) in [5, 5.41) is 2.70. The number of ether oxygens (including phenoxy) is 1. The number of rotatable bonds is 9. The highest BCUT2D eigenvalue weighted by molar-refractivity contribution is 7.92. The van der Waals surface area contributed by atoms with Gasteiger partial charge in [0.2, 0.25) is 15.9 Å². The molecule has 0 unspecified atom stereocenters. The van der Waals surface area contributed by atoms with Gasteiger partial charge in [0.05, 0.1) is 30.9 Å². The summed E-state index contributed by atoms with van der Waals surface area (Å²) in [7, 11) is -3.58. The third-order valence-electron chi connectivity index (χ3n) is 3.48. The molecular weight excluding hydrogens is 356 g/mol. The van der Waals surface area contributed by atoms with Crippen LogP contribution in [-0.4, -0.2) is 33.2 Å². The summed E-state index contributed by atoms with van der Waals surface area (Å²) in [4.78, 5) is 12.1. The Labute approximate surface area is 154 Å². The average Bonchev–Trinajstić information content (AvgIpc) is 3.06. The molecule has 0 fully saturated rings. The molecule has 0 aliphatic rings.